The monoisotopic (exact) mass is 289 g/mol. The zero-order valence-electron chi connectivity index (χ0n) is 12.3. The van der Waals surface area contributed by atoms with E-state index in [4.69, 9.17) is 4.74 Å². The summed E-state index contributed by atoms with van der Waals surface area (Å²) in [6.07, 6.45) is 4.48. The van der Waals surface area contributed by atoms with E-state index in [1.165, 1.54) is 21.2 Å². The van der Waals surface area contributed by atoms with Crippen LogP contribution in [-0.2, 0) is 11.2 Å². The second-order valence-corrected chi connectivity index (χ2v) is 5.93. The summed E-state index contributed by atoms with van der Waals surface area (Å²) in [6.45, 7) is 4.95. The fraction of sp³-hybridized carbons (Fsp3) is 0.412. The third-order valence-electron chi connectivity index (χ3n) is 3.33. The fourth-order valence-electron chi connectivity index (χ4n) is 2.26. The predicted octanol–water partition coefficient (Wildman–Crippen LogP) is 4.02. The SMILES string of the molecule is COCCNCCC=C(C)Cc1csc2ccccc12. The van der Waals surface area contributed by atoms with Crippen molar-refractivity contribution in [2.45, 2.75) is 19.8 Å². The number of benzene rings is 1. The quantitative estimate of drug-likeness (QED) is 0.585. The van der Waals surface area contributed by atoms with E-state index >= 15 is 0 Å². The summed E-state index contributed by atoms with van der Waals surface area (Å²) in [5, 5.41) is 7.06. The second-order valence-electron chi connectivity index (χ2n) is 5.02. The molecule has 3 heteroatoms. The number of allylic oxidation sites excluding steroid dienone is 1. The van der Waals surface area contributed by atoms with E-state index < -0.39 is 0 Å². The zero-order valence-corrected chi connectivity index (χ0v) is 13.1. The average Bonchev–Trinajstić information content (AvgIpc) is 2.86. The molecule has 0 atom stereocenters. The Kier molecular flexibility index (Phi) is 6.25. The summed E-state index contributed by atoms with van der Waals surface area (Å²) in [6, 6.07) is 8.65. The van der Waals surface area contributed by atoms with Crippen molar-refractivity contribution in [2.24, 2.45) is 0 Å². The molecule has 1 N–H and O–H groups in total. The van der Waals surface area contributed by atoms with Crippen LogP contribution in [0.1, 0.15) is 18.9 Å². The van der Waals surface area contributed by atoms with Gasteiger partial charge in [0.25, 0.3) is 0 Å². The minimum Gasteiger partial charge on any atom is -0.383 e. The number of hydrogen-bond acceptors (Lipinski definition) is 3. The van der Waals surface area contributed by atoms with Gasteiger partial charge in [0.1, 0.15) is 0 Å². The molecule has 0 saturated heterocycles. The van der Waals surface area contributed by atoms with Gasteiger partial charge in [-0.1, -0.05) is 29.8 Å². The zero-order chi connectivity index (χ0) is 14.2. The lowest BCUT2D eigenvalue weighted by Crippen LogP contribution is -2.19. The Morgan fingerprint density at radius 2 is 2.15 bits per heavy atom. The summed E-state index contributed by atoms with van der Waals surface area (Å²) in [5.74, 6) is 0. The number of hydrogen-bond donors (Lipinski definition) is 1. The highest BCUT2D eigenvalue weighted by molar-refractivity contribution is 7.17. The van der Waals surface area contributed by atoms with Crippen molar-refractivity contribution in [3.05, 3.63) is 46.9 Å². The first-order valence-corrected chi connectivity index (χ1v) is 7.99. The largest absolute Gasteiger partial charge is 0.383 e. The Bertz CT molecular complexity index is 559. The molecule has 0 amide bonds. The second kappa shape index (κ2) is 8.20. The van der Waals surface area contributed by atoms with Gasteiger partial charge in [0.05, 0.1) is 6.61 Å². The van der Waals surface area contributed by atoms with E-state index in [-0.39, 0.29) is 0 Å². The number of methoxy groups -OCH3 is 1. The highest BCUT2D eigenvalue weighted by Crippen LogP contribution is 2.27. The highest BCUT2D eigenvalue weighted by Gasteiger charge is 2.03. The molecule has 0 radical (unpaired) electrons. The molecule has 0 fully saturated rings. The van der Waals surface area contributed by atoms with Crippen molar-refractivity contribution in [2.75, 3.05) is 26.8 Å². The molecular weight excluding hydrogens is 266 g/mol. The summed E-state index contributed by atoms with van der Waals surface area (Å²) >= 11 is 1.84. The molecule has 20 heavy (non-hydrogen) atoms. The van der Waals surface area contributed by atoms with E-state index in [9.17, 15) is 0 Å². The lowest BCUT2D eigenvalue weighted by molar-refractivity contribution is 0.199. The Morgan fingerprint density at radius 3 is 3.00 bits per heavy atom. The van der Waals surface area contributed by atoms with Crippen LogP contribution >= 0.6 is 11.3 Å². The fourth-order valence-corrected chi connectivity index (χ4v) is 3.22. The Morgan fingerprint density at radius 1 is 1.30 bits per heavy atom. The molecule has 0 spiro atoms. The van der Waals surface area contributed by atoms with Crippen LogP contribution in [0.15, 0.2) is 41.3 Å². The van der Waals surface area contributed by atoms with Gasteiger partial charge in [0, 0.05) is 18.4 Å². The average molecular weight is 289 g/mol. The molecule has 1 heterocycles. The van der Waals surface area contributed by atoms with Crippen LogP contribution < -0.4 is 5.32 Å². The van der Waals surface area contributed by atoms with E-state index in [0.29, 0.717) is 0 Å². The maximum Gasteiger partial charge on any atom is 0.0587 e. The van der Waals surface area contributed by atoms with Crippen molar-refractivity contribution in [1.82, 2.24) is 5.32 Å². The number of thiophene rings is 1. The normalized spacial score (nSPS) is 12.2. The molecule has 108 valence electrons. The predicted molar refractivity (Wildman–Crippen MR) is 88.6 cm³/mol. The van der Waals surface area contributed by atoms with E-state index in [1.54, 1.807) is 7.11 Å². The van der Waals surface area contributed by atoms with Gasteiger partial charge in [0.15, 0.2) is 0 Å². The molecule has 0 aliphatic heterocycles. The van der Waals surface area contributed by atoms with Crippen LogP contribution in [0.5, 0.6) is 0 Å². The van der Waals surface area contributed by atoms with Crippen molar-refractivity contribution in [1.29, 1.82) is 0 Å². The van der Waals surface area contributed by atoms with Crippen molar-refractivity contribution < 1.29 is 4.74 Å². The van der Waals surface area contributed by atoms with Gasteiger partial charge >= 0.3 is 0 Å². The first-order chi connectivity index (χ1) is 9.81. The molecule has 2 aromatic rings. The maximum atomic E-state index is 5.00. The summed E-state index contributed by atoms with van der Waals surface area (Å²) < 4.78 is 6.39. The van der Waals surface area contributed by atoms with Crippen LogP contribution in [0.4, 0.5) is 0 Å². The van der Waals surface area contributed by atoms with Gasteiger partial charge in [-0.15, -0.1) is 11.3 Å². The van der Waals surface area contributed by atoms with E-state index in [1.807, 2.05) is 11.3 Å². The molecule has 2 nitrogen and oxygen atoms in total. The molecule has 0 unspecified atom stereocenters. The Labute approximate surface area is 125 Å². The standard InChI is InChI=1S/C17H23NOS/c1-14(6-5-9-18-10-11-19-2)12-15-13-20-17-8-4-3-7-16(15)17/h3-4,6-8,13,18H,5,9-12H2,1-2H3. The van der Waals surface area contributed by atoms with Gasteiger partial charge in [-0.25, -0.2) is 0 Å². The van der Waals surface area contributed by atoms with Gasteiger partial charge in [-0.05, 0) is 48.7 Å². The number of fused-ring (bicyclic) bond motifs is 1. The minimum absolute atomic E-state index is 0.781. The number of ether oxygens (including phenoxy) is 1. The summed E-state index contributed by atoms with van der Waals surface area (Å²) in [7, 11) is 1.73. The molecule has 1 aromatic heterocycles. The van der Waals surface area contributed by atoms with Crippen LogP contribution in [0.25, 0.3) is 10.1 Å². The molecular formula is C17H23NOS. The number of nitrogens with one attached hydrogen (secondary N) is 1. The van der Waals surface area contributed by atoms with Crippen molar-refractivity contribution >= 4 is 21.4 Å². The van der Waals surface area contributed by atoms with Crippen molar-refractivity contribution in [3.63, 3.8) is 0 Å². The highest BCUT2D eigenvalue weighted by atomic mass is 32.1. The summed E-state index contributed by atoms with van der Waals surface area (Å²) in [4.78, 5) is 0. The van der Waals surface area contributed by atoms with Crippen molar-refractivity contribution in [3.8, 4) is 0 Å². The minimum atomic E-state index is 0.781. The third kappa shape index (κ3) is 4.44. The molecule has 2 rings (SSSR count). The molecule has 0 saturated carbocycles. The van der Waals surface area contributed by atoms with Gasteiger partial charge < -0.3 is 10.1 Å². The Balaban J connectivity index is 1.83. The van der Waals surface area contributed by atoms with Crippen LogP contribution in [0.3, 0.4) is 0 Å². The summed E-state index contributed by atoms with van der Waals surface area (Å²) in [5.41, 5.74) is 2.90. The lowest BCUT2D eigenvalue weighted by Gasteiger charge is -2.03. The van der Waals surface area contributed by atoms with E-state index in [2.05, 4.69) is 48.0 Å². The molecule has 0 bridgehead atoms. The molecule has 0 aliphatic carbocycles. The Hall–Kier alpha value is -1.16. The number of rotatable bonds is 8. The third-order valence-corrected chi connectivity index (χ3v) is 4.34. The van der Waals surface area contributed by atoms with Gasteiger partial charge in [-0.2, -0.15) is 0 Å². The first kappa shape index (κ1) is 15.2. The molecule has 0 aliphatic rings. The topological polar surface area (TPSA) is 21.3 Å². The van der Waals surface area contributed by atoms with Crippen LogP contribution in [-0.4, -0.2) is 26.8 Å². The van der Waals surface area contributed by atoms with Crippen LogP contribution in [0, 0.1) is 0 Å². The van der Waals surface area contributed by atoms with Crippen LogP contribution in [0.2, 0.25) is 0 Å². The van der Waals surface area contributed by atoms with E-state index in [0.717, 1.165) is 32.5 Å². The van der Waals surface area contributed by atoms with Gasteiger partial charge in [-0.3, -0.25) is 0 Å². The molecule has 1 aromatic carbocycles. The smallest absolute Gasteiger partial charge is 0.0587 e. The first-order valence-electron chi connectivity index (χ1n) is 7.11. The maximum absolute atomic E-state index is 5.00. The van der Waals surface area contributed by atoms with Gasteiger partial charge in [0.2, 0.25) is 0 Å². The lowest BCUT2D eigenvalue weighted by atomic mass is 10.0.